The highest BCUT2D eigenvalue weighted by Gasteiger charge is 2.30. The van der Waals surface area contributed by atoms with Crippen molar-refractivity contribution in [3.8, 4) is 0 Å². The van der Waals surface area contributed by atoms with E-state index in [2.05, 4.69) is 76.3 Å². The number of rotatable bonds is 74. The number of phosphoric ester groups is 2. The molecule has 19 heteroatoms. The van der Waals surface area contributed by atoms with Gasteiger partial charge in [-0.3, -0.25) is 37.3 Å². The van der Waals surface area contributed by atoms with Gasteiger partial charge < -0.3 is 33.8 Å². The summed E-state index contributed by atoms with van der Waals surface area (Å²) in [6.07, 6.45) is 66.6. The number of aliphatic hydroxyl groups is 1. The lowest BCUT2D eigenvalue weighted by Gasteiger charge is -2.21. The number of phosphoric acid groups is 2. The van der Waals surface area contributed by atoms with Crippen LogP contribution in [0.4, 0.5) is 0 Å². The number of aliphatic hydroxyl groups excluding tert-OH is 1. The van der Waals surface area contributed by atoms with Gasteiger partial charge in [0.05, 0.1) is 26.4 Å². The molecule has 3 N–H and O–H groups in total. The molecule has 5 unspecified atom stereocenters. The highest BCUT2D eigenvalue weighted by atomic mass is 31.2. The first kappa shape index (κ1) is 93.0. The van der Waals surface area contributed by atoms with E-state index in [-0.39, 0.29) is 25.7 Å². The Hall–Kier alpha value is -2.98. The number of carbonyl (C=O) groups excluding carboxylic acids is 4. The second kappa shape index (κ2) is 70.5. The quantitative estimate of drug-likeness (QED) is 0.0169. The highest BCUT2D eigenvalue weighted by molar-refractivity contribution is 7.47. The van der Waals surface area contributed by atoms with E-state index in [0.29, 0.717) is 25.7 Å². The Balaban J connectivity index is 5.30. The monoisotopic (exact) mass is 1400 g/mol. The lowest BCUT2D eigenvalue weighted by molar-refractivity contribution is -0.161. The zero-order chi connectivity index (χ0) is 70.4. The summed E-state index contributed by atoms with van der Waals surface area (Å²) in [6, 6.07) is 0. The SMILES string of the molecule is CCCCC/C=C\C/C=C\CCCCCCCC(=O)OCC(COP(=O)(O)OCC(O)COP(=O)(O)OCC(COC(=O)CCCCCCC/C=C\C/C=C\CCCCC)OC(=O)CCCCCCCCCCCCCCCCC)OC(=O)CCCCCCCCCCCCC. The molecule has 562 valence electrons. The third-order valence-corrected chi connectivity index (χ3v) is 18.7. The van der Waals surface area contributed by atoms with Gasteiger partial charge in [-0.25, -0.2) is 9.13 Å². The Morgan fingerprint density at radius 1 is 0.292 bits per heavy atom. The first-order valence-electron chi connectivity index (χ1n) is 38.9. The minimum Gasteiger partial charge on any atom is -0.462 e. The van der Waals surface area contributed by atoms with Crippen molar-refractivity contribution in [2.24, 2.45) is 0 Å². The summed E-state index contributed by atoms with van der Waals surface area (Å²) in [5.74, 6) is -2.17. The zero-order valence-electron chi connectivity index (χ0n) is 61.3. The first-order valence-corrected chi connectivity index (χ1v) is 41.9. The van der Waals surface area contributed by atoms with Gasteiger partial charge in [0.25, 0.3) is 0 Å². The molecular weight excluding hydrogens is 1260 g/mol. The van der Waals surface area contributed by atoms with Crippen LogP contribution in [0.3, 0.4) is 0 Å². The Morgan fingerprint density at radius 3 is 0.792 bits per heavy atom. The Kier molecular flexibility index (Phi) is 68.3. The minimum atomic E-state index is -4.97. The van der Waals surface area contributed by atoms with Crippen LogP contribution in [0.1, 0.15) is 362 Å². The van der Waals surface area contributed by atoms with E-state index >= 15 is 0 Å². The number of unbranched alkanes of at least 4 members (excludes halogenated alkanes) is 40. The molecule has 0 saturated carbocycles. The summed E-state index contributed by atoms with van der Waals surface area (Å²) in [5, 5.41) is 10.6. The second-order valence-electron chi connectivity index (χ2n) is 26.3. The summed E-state index contributed by atoms with van der Waals surface area (Å²) < 4.78 is 68.5. The van der Waals surface area contributed by atoms with E-state index in [1.54, 1.807) is 0 Å². The smallest absolute Gasteiger partial charge is 0.462 e. The van der Waals surface area contributed by atoms with E-state index in [4.69, 9.17) is 37.0 Å². The number of hydrogen-bond donors (Lipinski definition) is 3. The van der Waals surface area contributed by atoms with Gasteiger partial charge in [0.2, 0.25) is 0 Å². The van der Waals surface area contributed by atoms with Crippen LogP contribution < -0.4 is 0 Å². The largest absolute Gasteiger partial charge is 0.472 e. The van der Waals surface area contributed by atoms with Crippen LogP contribution in [0.15, 0.2) is 48.6 Å². The molecule has 0 aliphatic rings. The van der Waals surface area contributed by atoms with E-state index in [9.17, 15) is 43.2 Å². The Morgan fingerprint density at radius 2 is 0.510 bits per heavy atom. The molecule has 0 fully saturated rings. The fraction of sp³-hybridized carbons (Fsp3) is 0.844. The minimum absolute atomic E-state index is 0.0986. The maximum Gasteiger partial charge on any atom is 0.472 e. The van der Waals surface area contributed by atoms with Gasteiger partial charge in [-0.05, 0) is 89.9 Å². The lowest BCUT2D eigenvalue weighted by Crippen LogP contribution is -2.30. The molecule has 0 aromatic carbocycles. The van der Waals surface area contributed by atoms with E-state index in [0.717, 1.165) is 141 Å². The van der Waals surface area contributed by atoms with E-state index in [1.165, 1.54) is 141 Å². The van der Waals surface area contributed by atoms with Crippen LogP contribution in [0.2, 0.25) is 0 Å². The number of allylic oxidation sites excluding steroid dienone is 8. The number of esters is 4. The predicted molar refractivity (Wildman–Crippen MR) is 390 cm³/mol. The summed E-state index contributed by atoms with van der Waals surface area (Å²) in [4.78, 5) is 72.8. The molecule has 0 bridgehead atoms. The third kappa shape index (κ3) is 69.5. The van der Waals surface area contributed by atoms with E-state index in [1.807, 2.05) is 0 Å². The van der Waals surface area contributed by atoms with Crippen molar-refractivity contribution in [3.05, 3.63) is 48.6 Å². The van der Waals surface area contributed by atoms with Crippen molar-refractivity contribution in [1.29, 1.82) is 0 Å². The molecule has 0 aliphatic carbocycles. The van der Waals surface area contributed by atoms with Crippen LogP contribution in [0.5, 0.6) is 0 Å². The maximum absolute atomic E-state index is 13.1. The van der Waals surface area contributed by atoms with Crippen LogP contribution >= 0.6 is 15.6 Å². The molecule has 96 heavy (non-hydrogen) atoms. The fourth-order valence-electron chi connectivity index (χ4n) is 10.8. The highest BCUT2D eigenvalue weighted by Crippen LogP contribution is 2.45. The van der Waals surface area contributed by atoms with Crippen LogP contribution in [0, 0.1) is 0 Å². The lowest BCUT2D eigenvalue weighted by atomic mass is 10.0. The summed E-state index contributed by atoms with van der Waals surface area (Å²) in [6.45, 7) is 4.85. The van der Waals surface area contributed by atoms with Gasteiger partial charge in [0.15, 0.2) is 12.2 Å². The van der Waals surface area contributed by atoms with Crippen LogP contribution in [-0.4, -0.2) is 96.7 Å². The molecular formula is C77H142O17P2. The molecule has 0 spiro atoms. The van der Waals surface area contributed by atoms with Gasteiger partial charge in [-0.2, -0.15) is 0 Å². The number of ether oxygens (including phenoxy) is 4. The molecule has 5 atom stereocenters. The molecule has 17 nitrogen and oxygen atoms in total. The Labute approximate surface area is 585 Å². The van der Waals surface area contributed by atoms with Gasteiger partial charge in [0, 0.05) is 25.7 Å². The topological polar surface area (TPSA) is 237 Å². The average molecular weight is 1400 g/mol. The predicted octanol–water partition coefficient (Wildman–Crippen LogP) is 22.1. The summed E-state index contributed by atoms with van der Waals surface area (Å²) >= 11 is 0. The van der Waals surface area contributed by atoms with Crippen molar-refractivity contribution in [2.45, 2.75) is 380 Å². The van der Waals surface area contributed by atoms with Crippen LogP contribution in [0.25, 0.3) is 0 Å². The molecule has 0 heterocycles. The molecule has 0 aromatic rings. The molecule has 0 rings (SSSR count). The van der Waals surface area contributed by atoms with Gasteiger partial charge >= 0.3 is 39.5 Å². The van der Waals surface area contributed by atoms with Gasteiger partial charge in [0.1, 0.15) is 19.3 Å². The van der Waals surface area contributed by atoms with Crippen molar-refractivity contribution in [1.82, 2.24) is 0 Å². The standard InChI is InChI=1S/C77H142O17P2/c1-5-9-13-17-21-25-29-32-35-38-42-45-49-53-57-61-74(79)87-67-72(93-76(81)63-59-55-51-47-41-28-24-20-16-12-8-4)69-91-95(83,84)89-65-71(78)66-90-96(85,86)92-70-73(94-77(82)64-60-56-52-48-44-40-37-34-31-27-23-19-15-11-7-3)68-88-75(80)62-58-54-50-46-43-39-36-33-30-26-22-18-14-10-6-2/h21-22,25-26,32-33,35-36,71-73,78H,5-20,23-24,27-31,34,37-70H2,1-4H3,(H,83,84)(H,85,86)/b25-21-,26-22-,35-32-,36-33-. The zero-order valence-corrected chi connectivity index (χ0v) is 63.1. The summed E-state index contributed by atoms with van der Waals surface area (Å²) in [7, 11) is -9.93. The first-order chi connectivity index (χ1) is 46.7. The fourth-order valence-corrected chi connectivity index (χ4v) is 12.4. The van der Waals surface area contributed by atoms with Gasteiger partial charge in [-0.15, -0.1) is 0 Å². The molecule has 0 saturated heterocycles. The van der Waals surface area contributed by atoms with E-state index < -0.39 is 97.5 Å². The van der Waals surface area contributed by atoms with Crippen molar-refractivity contribution in [3.63, 3.8) is 0 Å². The molecule has 0 amide bonds. The number of carbonyl (C=O) groups is 4. The van der Waals surface area contributed by atoms with Crippen molar-refractivity contribution < 1.29 is 80.2 Å². The van der Waals surface area contributed by atoms with Crippen molar-refractivity contribution in [2.75, 3.05) is 39.6 Å². The Bertz CT molecular complexity index is 2010. The van der Waals surface area contributed by atoms with Crippen LogP contribution in [-0.2, 0) is 65.4 Å². The number of hydrogen-bond acceptors (Lipinski definition) is 15. The average Bonchev–Trinajstić information content (AvgIpc) is 1.11. The normalized spacial score (nSPS) is 14.2. The second-order valence-corrected chi connectivity index (χ2v) is 29.2. The third-order valence-electron chi connectivity index (χ3n) is 16.8. The molecule has 0 aromatic heterocycles. The molecule has 0 aliphatic heterocycles. The summed E-state index contributed by atoms with van der Waals surface area (Å²) in [5.41, 5.74) is 0. The molecule has 0 radical (unpaired) electrons. The van der Waals surface area contributed by atoms with Crippen molar-refractivity contribution >= 4 is 39.5 Å². The van der Waals surface area contributed by atoms with Gasteiger partial charge in [-0.1, -0.05) is 295 Å². The maximum atomic E-state index is 13.1.